The maximum Gasteiger partial charge on any atom is 0.128 e. The molecule has 0 aromatic heterocycles. The molecule has 0 bridgehead atoms. The molecule has 0 unspecified atom stereocenters. The summed E-state index contributed by atoms with van der Waals surface area (Å²) < 4.78 is 5.01. The first-order valence-electron chi connectivity index (χ1n) is 5.96. The lowest BCUT2D eigenvalue weighted by Crippen LogP contribution is -2.16. The first kappa shape index (κ1) is 14.0. The van der Waals surface area contributed by atoms with Gasteiger partial charge in [-0.05, 0) is 12.1 Å². The van der Waals surface area contributed by atoms with Crippen LogP contribution in [0.3, 0.4) is 0 Å². The second kappa shape index (κ2) is 6.68. The molecule has 0 fully saturated rings. The van der Waals surface area contributed by atoms with Crippen LogP contribution in [0.15, 0.2) is 53.6 Å². The molecule has 20 heavy (non-hydrogen) atoms. The molecule has 0 saturated carbocycles. The smallest absolute Gasteiger partial charge is 0.128 e. The predicted molar refractivity (Wildman–Crippen MR) is 83.5 cm³/mol. The summed E-state index contributed by atoms with van der Waals surface area (Å²) in [4.78, 5) is 0.523. The van der Waals surface area contributed by atoms with E-state index in [-0.39, 0.29) is 5.75 Å². The zero-order valence-electron chi connectivity index (χ0n) is 10.9. The number of thiocarbonyl (C=S) groups is 1. The zero-order chi connectivity index (χ0) is 14.4. The average Bonchev–Trinajstić information content (AvgIpc) is 2.49. The van der Waals surface area contributed by atoms with Gasteiger partial charge >= 0.3 is 0 Å². The number of phenols is 1. The van der Waals surface area contributed by atoms with Crippen LogP contribution in [0.5, 0.6) is 11.5 Å². The van der Waals surface area contributed by atoms with Crippen molar-refractivity contribution in [1.82, 2.24) is 5.43 Å². The summed E-state index contributed by atoms with van der Waals surface area (Å²) in [5.74, 6) is 0.688. The molecule has 2 aromatic rings. The summed E-state index contributed by atoms with van der Waals surface area (Å²) in [7, 11) is 1.54. The standard InChI is InChI=1S/C15H14N2O2S/c1-19-13-8-7-12(14(18)9-13)10-16-17-15(20)11-5-3-2-4-6-11/h2-10,18H,1H3,(H,17,20)/b16-10+. The van der Waals surface area contributed by atoms with E-state index in [1.54, 1.807) is 19.2 Å². The Labute approximate surface area is 122 Å². The molecule has 2 aromatic carbocycles. The largest absolute Gasteiger partial charge is 0.507 e. The highest BCUT2D eigenvalue weighted by atomic mass is 32.1. The van der Waals surface area contributed by atoms with Crippen molar-refractivity contribution in [2.75, 3.05) is 7.11 Å². The molecule has 0 aliphatic carbocycles. The highest BCUT2D eigenvalue weighted by Crippen LogP contribution is 2.21. The van der Waals surface area contributed by atoms with Crippen LogP contribution in [-0.2, 0) is 0 Å². The van der Waals surface area contributed by atoms with Crippen molar-refractivity contribution < 1.29 is 9.84 Å². The zero-order valence-corrected chi connectivity index (χ0v) is 11.7. The van der Waals surface area contributed by atoms with Crippen molar-refractivity contribution in [2.45, 2.75) is 0 Å². The molecular weight excluding hydrogens is 272 g/mol. The summed E-state index contributed by atoms with van der Waals surface area (Å²) in [5, 5.41) is 13.8. The molecule has 5 heteroatoms. The average molecular weight is 286 g/mol. The molecule has 102 valence electrons. The molecule has 0 heterocycles. The van der Waals surface area contributed by atoms with Gasteiger partial charge in [0.05, 0.1) is 13.3 Å². The van der Waals surface area contributed by atoms with E-state index < -0.39 is 0 Å². The number of hydrogen-bond donors (Lipinski definition) is 2. The van der Waals surface area contributed by atoms with Crippen LogP contribution in [0.25, 0.3) is 0 Å². The number of aromatic hydroxyl groups is 1. The van der Waals surface area contributed by atoms with Crippen LogP contribution in [0.2, 0.25) is 0 Å². The maximum atomic E-state index is 9.77. The van der Waals surface area contributed by atoms with Gasteiger partial charge in [-0.2, -0.15) is 5.10 Å². The summed E-state index contributed by atoms with van der Waals surface area (Å²) in [6, 6.07) is 14.5. The van der Waals surface area contributed by atoms with Crippen LogP contribution in [-0.4, -0.2) is 23.4 Å². The molecule has 0 atom stereocenters. The number of methoxy groups -OCH3 is 1. The number of rotatable bonds is 4. The second-order valence-electron chi connectivity index (χ2n) is 3.99. The number of nitrogens with one attached hydrogen (secondary N) is 1. The molecule has 0 aliphatic heterocycles. The Balaban J connectivity index is 2.02. The SMILES string of the molecule is COc1ccc(/C=N/NC(=S)c2ccccc2)c(O)c1. The lowest BCUT2D eigenvalue weighted by molar-refractivity contribution is 0.407. The minimum absolute atomic E-state index is 0.0977. The van der Waals surface area contributed by atoms with Crippen molar-refractivity contribution in [3.63, 3.8) is 0 Å². The van der Waals surface area contributed by atoms with Gasteiger partial charge in [0.1, 0.15) is 16.5 Å². The summed E-state index contributed by atoms with van der Waals surface area (Å²) in [5.41, 5.74) is 4.23. The normalized spacial score (nSPS) is 10.4. The summed E-state index contributed by atoms with van der Waals surface area (Å²) in [6.07, 6.45) is 1.50. The number of ether oxygens (including phenoxy) is 1. The quantitative estimate of drug-likeness (QED) is 0.515. The first-order valence-corrected chi connectivity index (χ1v) is 6.37. The van der Waals surface area contributed by atoms with E-state index in [9.17, 15) is 5.11 Å². The predicted octanol–water partition coefficient (Wildman–Crippen LogP) is 2.70. The van der Waals surface area contributed by atoms with Crippen molar-refractivity contribution >= 4 is 23.4 Å². The molecule has 0 aliphatic rings. The number of hydrazone groups is 1. The van der Waals surface area contributed by atoms with Crippen LogP contribution < -0.4 is 10.2 Å². The molecule has 2 N–H and O–H groups in total. The van der Waals surface area contributed by atoms with E-state index >= 15 is 0 Å². The van der Waals surface area contributed by atoms with Crippen LogP contribution in [0.4, 0.5) is 0 Å². The van der Waals surface area contributed by atoms with E-state index in [4.69, 9.17) is 17.0 Å². The molecule has 0 radical (unpaired) electrons. The number of benzene rings is 2. The highest BCUT2D eigenvalue weighted by Gasteiger charge is 2.01. The van der Waals surface area contributed by atoms with Gasteiger partial charge in [0, 0.05) is 17.2 Å². The van der Waals surface area contributed by atoms with Crippen molar-refractivity contribution in [1.29, 1.82) is 0 Å². The molecular formula is C15H14N2O2S. The molecule has 2 rings (SSSR count). The van der Waals surface area contributed by atoms with Gasteiger partial charge in [0.15, 0.2) is 0 Å². The van der Waals surface area contributed by atoms with Gasteiger partial charge in [-0.1, -0.05) is 42.5 Å². The minimum atomic E-state index is 0.0977. The highest BCUT2D eigenvalue weighted by molar-refractivity contribution is 7.80. The van der Waals surface area contributed by atoms with Gasteiger partial charge in [-0.3, -0.25) is 5.43 Å². The van der Waals surface area contributed by atoms with Crippen molar-refractivity contribution in [3.8, 4) is 11.5 Å². The summed E-state index contributed by atoms with van der Waals surface area (Å²) in [6.45, 7) is 0. The Bertz CT molecular complexity index is 627. The molecule has 0 spiro atoms. The monoisotopic (exact) mass is 286 g/mol. The van der Waals surface area contributed by atoms with Crippen LogP contribution in [0.1, 0.15) is 11.1 Å². The fourth-order valence-electron chi connectivity index (χ4n) is 1.57. The Morgan fingerprint density at radius 2 is 2.00 bits per heavy atom. The Morgan fingerprint density at radius 1 is 1.25 bits per heavy atom. The van der Waals surface area contributed by atoms with Gasteiger partial charge in [-0.15, -0.1) is 0 Å². The fraction of sp³-hybridized carbons (Fsp3) is 0.0667. The van der Waals surface area contributed by atoms with Crippen molar-refractivity contribution in [3.05, 3.63) is 59.7 Å². The number of phenolic OH excluding ortho intramolecular Hbond substituents is 1. The van der Waals surface area contributed by atoms with E-state index in [2.05, 4.69) is 10.5 Å². The van der Waals surface area contributed by atoms with E-state index in [0.29, 0.717) is 16.3 Å². The van der Waals surface area contributed by atoms with Crippen LogP contribution in [0, 0.1) is 0 Å². The van der Waals surface area contributed by atoms with E-state index in [1.165, 1.54) is 12.3 Å². The molecule has 4 nitrogen and oxygen atoms in total. The van der Waals surface area contributed by atoms with Crippen LogP contribution >= 0.6 is 12.2 Å². The van der Waals surface area contributed by atoms with Gasteiger partial charge in [0.2, 0.25) is 0 Å². The molecule has 0 saturated heterocycles. The maximum absolute atomic E-state index is 9.77. The number of hydrogen-bond acceptors (Lipinski definition) is 4. The first-order chi connectivity index (χ1) is 9.70. The lowest BCUT2D eigenvalue weighted by Gasteiger charge is -2.04. The Hall–Kier alpha value is -2.40. The fourth-order valence-corrected chi connectivity index (χ4v) is 1.76. The van der Waals surface area contributed by atoms with Crippen molar-refractivity contribution in [2.24, 2.45) is 5.10 Å². The third-order valence-corrected chi connectivity index (χ3v) is 2.97. The van der Waals surface area contributed by atoms with Gasteiger partial charge in [0.25, 0.3) is 0 Å². The minimum Gasteiger partial charge on any atom is -0.507 e. The van der Waals surface area contributed by atoms with Gasteiger partial charge in [-0.25, -0.2) is 0 Å². The third kappa shape index (κ3) is 3.55. The summed E-state index contributed by atoms with van der Waals surface area (Å²) >= 11 is 5.20. The Morgan fingerprint density at radius 3 is 2.65 bits per heavy atom. The molecule has 0 amide bonds. The van der Waals surface area contributed by atoms with Gasteiger partial charge < -0.3 is 9.84 Å². The second-order valence-corrected chi connectivity index (χ2v) is 4.40. The van der Waals surface area contributed by atoms with E-state index in [1.807, 2.05) is 30.3 Å². The lowest BCUT2D eigenvalue weighted by atomic mass is 10.2. The number of nitrogens with zero attached hydrogens (tertiary/aromatic N) is 1. The Kier molecular flexibility index (Phi) is 4.68. The topological polar surface area (TPSA) is 53.8 Å². The van der Waals surface area contributed by atoms with E-state index in [0.717, 1.165) is 5.56 Å². The third-order valence-electron chi connectivity index (χ3n) is 2.64.